The van der Waals surface area contributed by atoms with Crippen LogP contribution in [0.2, 0.25) is 0 Å². The van der Waals surface area contributed by atoms with Crippen LogP contribution in [0.5, 0.6) is 0 Å². The number of benzene rings is 1. The maximum absolute atomic E-state index is 12.2. The molecule has 20 heavy (non-hydrogen) atoms. The summed E-state index contributed by atoms with van der Waals surface area (Å²) in [6.07, 6.45) is 0.803. The van der Waals surface area contributed by atoms with Crippen LogP contribution in [0.1, 0.15) is 18.4 Å². The van der Waals surface area contributed by atoms with Crippen LogP contribution in [0.25, 0.3) is 0 Å². The van der Waals surface area contributed by atoms with Gasteiger partial charge in [0.2, 0.25) is 5.91 Å². The standard InChI is InChI=1S/C13H17N3O4/c1-9-2-3-10(11(8-9)16(18)19)15-12(17)13(14)4-6-20-7-5-13/h2-3,8H,4-7,14H2,1H3,(H,15,17). The quantitative estimate of drug-likeness (QED) is 0.641. The maximum Gasteiger partial charge on any atom is 0.293 e. The zero-order valence-corrected chi connectivity index (χ0v) is 11.2. The topological polar surface area (TPSA) is 107 Å². The molecule has 1 amide bonds. The molecule has 3 N–H and O–H groups in total. The van der Waals surface area contributed by atoms with Gasteiger partial charge in [-0.2, -0.15) is 0 Å². The summed E-state index contributed by atoms with van der Waals surface area (Å²) in [5.41, 5.74) is 5.80. The number of carbonyl (C=O) groups excluding carboxylic acids is 1. The molecule has 7 nitrogen and oxygen atoms in total. The summed E-state index contributed by atoms with van der Waals surface area (Å²) in [4.78, 5) is 22.7. The number of carbonyl (C=O) groups is 1. The summed E-state index contributed by atoms with van der Waals surface area (Å²) in [5.74, 6) is -0.409. The summed E-state index contributed by atoms with van der Waals surface area (Å²) in [7, 11) is 0. The lowest BCUT2D eigenvalue weighted by atomic mass is 9.90. The van der Waals surface area contributed by atoms with Gasteiger partial charge in [-0.15, -0.1) is 0 Å². The number of amides is 1. The monoisotopic (exact) mass is 279 g/mol. The second-order valence-electron chi connectivity index (χ2n) is 5.00. The van der Waals surface area contributed by atoms with Gasteiger partial charge in [0.1, 0.15) is 11.2 Å². The highest BCUT2D eigenvalue weighted by molar-refractivity contribution is 5.99. The number of ether oxygens (including phenoxy) is 1. The van der Waals surface area contributed by atoms with Crippen molar-refractivity contribution in [2.75, 3.05) is 18.5 Å². The molecular weight excluding hydrogens is 262 g/mol. The normalized spacial score (nSPS) is 17.5. The Balaban J connectivity index is 2.21. The van der Waals surface area contributed by atoms with E-state index in [9.17, 15) is 14.9 Å². The molecule has 108 valence electrons. The van der Waals surface area contributed by atoms with Crippen LogP contribution in [-0.4, -0.2) is 29.6 Å². The van der Waals surface area contributed by atoms with Gasteiger partial charge in [-0.05, 0) is 31.4 Å². The lowest BCUT2D eigenvalue weighted by Crippen LogP contribution is -2.54. The van der Waals surface area contributed by atoms with Gasteiger partial charge in [0.05, 0.1) is 4.92 Å². The molecule has 0 radical (unpaired) electrons. The Morgan fingerprint density at radius 1 is 1.45 bits per heavy atom. The number of hydrogen-bond acceptors (Lipinski definition) is 5. The van der Waals surface area contributed by atoms with Crippen molar-refractivity contribution in [2.45, 2.75) is 25.3 Å². The van der Waals surface area contributed by atoms with E-state index in [-0.39, 0.29) is 11.4 Å². The Morgan fingerprint density at radius 2 is 2.10 bits per heavy atom. The number of nitrogens with zero attached hydrogens (tertiary/aromatic N) is 1. The average molecular weight is 279 g/mol. The third kappa shape index (κ3) is 2.94. The van der Waals surface area contributed by atoms with Crippen molar-refractivity contribution in [1.82, 2.24) is 0 Å². The summed E-state index contributed by atoms with van der Waals surface area (Å²) in [6, 6.07) is 4.65. The number of anilines is 1. The number of hydrogen-bond donors (Lipinski definition) is 2. The van der Waals surface area contributed by atoms with Crippen molar-refractivity contribution >= 4 is 17.3 Å². The highest BCUT2D eigenvalue weighted by Gasteiger charge is 2.36. The van der Waals surface area contributed by atoms with E-state index in [0.717, 1.165) is 5.56 Å². The molecule has 1 heterocycles. The first-order chi connectivity index (χ1) is 9.42. The van der Waals surface area contributed by atoms with Crippen LogP contribution in [-0.2, 0) is 9.53 Å². The number of aryl methyl sites for hydroxylation is 1. The minimum Gasteiger partial charge on any atom is -0.381 e. The molecule has 0 saturated carbocycles. The predicted molar refractivity (Wildman–Crippen MR) is 73.4 cm³/mol. The van der Waals surface area contributed by atoms with Gasteiger partial charge in [0.25, 0.3) is 5.69 Å². The molecular formula is C13H17N3O4. The molecule has 1 aromatic carbocycles. The Morgan fingerprint density at radius 3 is 2.70 bits per heavy atom. The maximum atomic E-state index is 12.2. The van der Waals surface area contributed by atoms with E-state index in [1.54, 1.807) is 13.0 Å². The summed E-state index contributed by atoms with van der Waals surface area (Å²) < 4.78 is 5.17. The van der Waals surface area contributed by atoms with E-state index in [1.165, 1.54) is 12.1 Å². The van der Waals surface area contributed by atoms with Gasteiger partial charge in [-0.25, -0.2) is 0 Å². The van der Waals surface area contributed by atoms with Crippen molar-refractivity contribution in [1.29, 1.82) is 0 Å². The Labute approximate surface area is 116 Å². The van der Waals surface area contributed by atoms with Crippen LogP contribution >= 0.6 is 0 Å². The second-order valence-corrected chi connectivity index (χ2v) is 5.00. The van der Waals surface area contributed by atoms with Crippen molar-refractivity contribution in [3.63, 3.8) is 0 Å². The van der Waals surface area contributed by atoms with Crippen LogP contribution in [0.15, 0.2) is 18.2 Å². The molecule has 0 bridgehead atoms. The average Bonchev–Trinajstić information content (AvgIpc) is 2.41. The van der Waals surface area contributed by atoms with E-state index in [0.29, 0.717) is 26.1 Å². The highest BCUT2D eigenvalue weighted by atomic mass is 16.6. The minimum absolute atomic E-state index is 0.131. The fourth-order valence-electron chi connectivity index (χ4n) is 2.11. The van der Waals surface area contributed by atoms with E-state index in [2.05, 4.69) is 5.32 Å². The second kappa shape index (κ2) is 5.56. The zero-order chi connectivity index (χ0) is 14.8. The molecule has 2 rings (SSSR count). The molecule has 1 aliphatic heterocycles. The van der Waals surface area contributed by atoms with Crippen molar-refractivity contribution in [3.8, 4) is 0 Å². The first-order valence-electron chi connectivity index (χ1n) is 6.35. The van der Waals surface area contributed by atoms with Crippen molar-refractivity contribution in [2.24, 2.45) is 5.73 Å². The fourth-order valence-corrected chi connectivity index (χ4v) is 2.11. The molecule has 1 aliphatic rings. The van der Waals surface area contributed by atoms with Crippen molar-refractivity contribution in [3.05, 3.63) is 33.9 Å². The van der Waals surface area contributed by atoms with Crippen LogP contribution in [0.3, 0.4) is 0 Å². The van der Waals surface area contributed by atoms with E-state index >= 15 is 0 Å². The molecule has 0 spiro atoms. The molecule has 0 unspecified atom stereocenters. The molecule has 1 fully saturated rings. The zero-order valence-electron chi connectivity index (χ0n) is 11.2. The highest BCUT2D eigenvalue weighted by Crippen LogP contribution is 2.27. The van der Waals surface area contributed by atoms with Crippen LogP contribution in [0.4, 0.5) is 11.4 Å². The minimum atomic E-state index is -1.03. The van der Waals surface area contributed by atoms with Gasteiger partial charge in [0, 0.05) is 19.3 Å². The molecule has 0 aliphatic carbocycles. The van der Waals surface area contributed by atoms with Crippen molar-refractivity contribution < 1.29 is 14.5 Å². The first kappa shape index (κ1) is 14.4. The van der Waals surface area contributed by atoms with Gasteiger partial charge < -0.3 is 15.8 Å². The fraction of sp³-hybridized carbons (Fsp3) is 0.462. The predicted octanol–water partition coefficient (Wildman–Crippen LogP) is 1.35. The van der Waals surface area contributed by atoms with Crippen LogP contribution in [0, 0.1) is 17.0 Å². The molecule has 1 saturated heterocycles. The third-order valence-electron chi connectivity index (χ3n) is 3.44. The lowest BCUT2D eigenvalue weighted by Gasteiger charge is -2.31. The smallest absolute Gasteiger partial charge is 0.293 e. The third-order valence-corrected chi connectivity index (χ3v) is 3.44. The lowest BCUT2D eigenvalue weighted by molar-refractivity contribution is -0.384. The van der Waals surface area contributed by atoms with E-state index in [1.807, 2.05) is 0 Å². The number of rotatable bonds is 3. The molecule has 0 atom stereocenters. The summed E-state index contributed by atoms with van der Waals surface area (Å²) in [5, 5.41) is 13.6. The van der Waals surface area contributed by atoms with Gasteiger partial charge in [-0.3, -0.25) is 14.9 Å². The number of nitrogens with one attached hydrogen (secondary N) is 1. The van der Waals surface area contributed by atoms with Gasteiger partial charge in [0.15, 0.2) is 0 Å². The van der Waals surface area contributed by atoms with E-state index in [4.69, 9.17) is 10.5 Å². The number of nitro groups is 1. The van der Waals surface area contributed by atoms with Gasteiger partial charge in [-0.1, -0.05) is 6.07 Å². The summed E-state index contributed by atoms with van der Waals surface area (Å²) in [6.45, 7) is 2.58. The first-order valence-corrected chi connectivity index (χ1v) is 6.35. The largest absolute Gasteiger partial charge is 0.381 e. The molecule has 1 aromatic rings. The molecule has 7 heteroatoms. The number of nitrogens with two attached hydrogens (primary N) is 1. The Bertz CT molecular complexity index is 538. The number of nitro benzene ring substituents is 1. The SMILES string of the molecule is Cc1ccc(NC(=O)C2(N)CCOCC2)c([N+](=O)[O-])c1. The summed E-state index contributed by atoms with van der Waals surface area (Å²) >= 11 is 0. The van der Waals surface area contributed by atoms with E-state index < -0.39 is 16.4 Å². The Hall–Kier alpha value is -1.99. The van der Waals surface area contributed by atoms with Crippen LogP contribution < -0.4 is 11.1 Å². The van der Waals surface area contributed by atoms with Gasteiger partial charge >= 0.3 is 0 Å². The Kier molecular flexibility index (Phi) is 4.01. The molecule has 0 aromatic heterocycles.